The molecule has 0 saturated carbocycles. The third-order valence-corrected chi connectivity index (χ3v) is 7.14. The van der Waals surface area contributed by atoms with Gasteiger partial charge in [0.1, 0.15) is 0 Å². The number of rotatable bonds is 3. The van der Waals surface area contributed by atoms with E-state index in [4.69, 9.17) is 0 Å². The topological polar surface area (TPSA) is 0 Å². The van der Waals surface area contributed by atoms with Gasteiger partial charge in [0.25, 0.3) is 0 Å². The molecule has 154 valence electrons. The van der Waals surface area contributed by atoms with Crippen LogP contribution in [0.3, 0.4) is 0 Å². The molecule has 0 fully saturated rings. The van der Waals surface area contributed by atoms with E-state index in [1.54, 1.807) is 0 Å². The fourth-order valence-electron chi connectivity index (χ4n) is 5.65. The number of hydrogen-bond donors (Lipinski definition) is 0. The zero-order chi connectivity index (χ0) is 21.7. The molecule has 0 nitrogen and oxygen atoms in total. The van der Waals surface area contributed by atoms with Gasteiger partial charge >= 0.3 is 0 Å². The molecule has 0 N–H and O–H groups in total. The number of fused-ring (bicyclic) bond motifs is 4. The fourth-order valence-corrected chi connectivity index (χ4v) is 5.65. The maximum absolute atomic E-state index is 2.47. The molecule has 0 heteroatoms. The standard InChI is InChI=1S/C32H26/c1-22(2)24-19-20-28-27-16-8-9-17-30(27)32(31(28)21-24,25-13-4-3-5-14-25)29-18-10-12-23-11-6-7-15-26(23)29/h3-22H,1-2H3. The van der Waals surface area contributed by atoms with Gasteiger partial charge in [-0.25, -0.2) is 0 Å². The van der Waals surface area contributed by atoms with Crippen LogP contribution in [0, 0.1) is 0 Å². The van der Waals surface area contributed by atoms with E-state index in [9.17, 15) is 0 Å². The summed E-state index contributed by atoms with van der Waals surface area (Å²) in [4.78, 5) is 0. The zero-order valence-electron chi connectivity index (χ0n) is 18.5. The Labute approximate surface area is 190 Å². The minimum Gasteiger partial charge on any atom is -0.0622 e. The minimum atomic E-state index is -0.348. The van der Waals surface area contributed by atoms with Crippen molar-refractivity contribution in [3.05, 3.63) is 143 Å². The second-order valence-corrected chi connectivity index (χ2v) is 9.15. The molecule has 1 aliphatic carbocycles. The summed E-state index contributed by atoms with van der Waals surface area (Å²) < 4.78 is 0. The summed E-state index contributed by atoms with van der Waals surface area (Å²) in [5.74, 6) is 0.477. The smallest absolute Gasteiger partial charge is 0.0622 e. The molecule has 1 unspecified atom stereocenters. The van der Waals surface area contributed by atoms with Crippen molar-refractivity contribution < 1.29 is 0 Å². The van der Waals surface area contributed by atoms with Gasteiger partial charge in [0, 0.05) is 0 Å². The first-order valence-corrected chi connectivity index (χ1v) is 11.5. The SMILES string of the molecule is CC(C)c1ccc2c(c1)C(c1ccccc1)(c1cccc3ccccc13)c1ccccc1-2. The van der Waals surface area contributed by atoms with E-state index in [-0.39, 0.29) is 5.41 Å². The summed E-state index contributed by atoms with van der Waals surface area (Å²) in [6.07, 6.45) is 0. The highest BCUT2D eigenvalue weighted by Crippen LogP contribution is 2.57. The Morgan fingerprint density at radius 3 is 2.03 bits per heavy atom. The van der Waals surface area contributed by atoms with E-state index >= 15 is 0 Å². The highest BCUT2D eigenvalue weighted by atomic mass is 14.5. The minimum absolute atomic E-state index is 0.348. The summed E-state index contributed by atoms with van der Waals surface area (Å²) in [7, 11) is 0. The van der Waals surface area contributed by atoms with Crippen LogP contribution in [0.4, 0.5) is 0 Å². The van der Waals surface area contributed by atoms with Gasteiger partial charge in [0.2, 0.25) is 0 Å². The Hall–Kier alpha value is -3.64. The first-order valence-electron chi connectivity index (χ1n) is 11.5. The molecule has 5 aromatic rings. The van der Waals surface area contributed by atoms with Gasteiger partial charge in [0.15, 0.2) is 0 Å². The van der Waals surface area contributed by atoms with E-state index in [0.29, 0.717) is 5.92 Å². The molecule has 0 aliphatic heterocycles. The van der Waals surface area contributed by atoms with Gasteiger partial charge in [-0.1, -0.05) is 129 Å². The van der Waals surface area contributed by atoms with Crippen LogP contribution in [-0.2, 0) is 5.41 Å². The lowest BCUT2D eigenvalue weighted by molar-refractivity contribution is 0.769. The zero-order valence-corrected chi connectivity index (χ0v) is 18.5. The molecule has 0 spiro atoms. The van der Waals surface area contributed by atoms with E-state index in [1.165, 1.54) is 49.7 Å². The largest absolute Gasteiger partial charge is 0.0719 e. The highest BCUT2D eigenvalue weighted by molar-refractivity contribution is 5.94. The van der Waals surface area contributed by atoms with Crippen LogP contribution in [0.1, 0.15) is 47.6 Å². The van der Waals surface area contributed by atoms with Crippen LogP contribution < -0.4 is 0 Å². The number of hydrogen-bond acceptors (Lipinski definition) is 0. The predicted octanol–water partition coefficient (Wildman–Crippen LogP) is 8.33. The molecule has 5 aromatic carbocycles. The van der Waals surface area contributed by atoms with Gasteiger partial charge in [-0.05, 0) is 55.6 Å². The van der Waals surface area contributed by atoms with E-state index in [1.807, 2.05) is 0 Å². The Kier molecular flexibility index (Phi) is 4.30. The van der Waals surface area contributed by atoms with Crippen molar-refractivity contribution in [3.8, 4) is 11.1 Å². The Morgan fingerprint density at radius 2 is 1.19 bits per heavy atom. The van der Waals surface area contributed by atoms with E-state index in [0.717, 1.165) is 0 Å². The summed E-state index contributed by atoms with van der Waals surface area (Å²) in [6, 6.07) is 42.8. The predicted molar refractivity (Wildman–Crippen MR) is 135 cm³/mol. The van der Waals surface area contributed by atoms with Gasteiger partial charge in [-0.2, -0.15) is 0 Å². The molecule has 0 aromatic heterocycles. The maximum Gasteiger partial charge on any atom is 0.0719 e. The second kappa shape index (κ2) is 7.21. The van der Waals surface area contributed by atoms with Gasteiger partial charge in [-0.15, -0.1) is 0 Å². The van der Waals surface area contributed by atoms with Crippen LogP contribution in [0.25, 0.3) is 21.9 Å². The molecule has 32 heavy (non-hydrogen) atoms. The average Bonchev–Trinajstić information content (AvgIpc) is 3.15. The monoisotopic (exact) mass is 410 g/mol. The molecule has 0 saturated heterocycles. The molecular formula is C32H26. The molecule has 6 rings (SSSR count). The lowest BCUT2D eigenvalue weighted by atomic mass is 9.66. The summed E-state index contributed by atoms with van der Waals surface area (Å²) in [6.45, 7) is 4.57. The van der Waals surface area contributed by atoms with Crippen molar-refractivity contribution in [2.24, 2.45) is 0 Å². The van der Waals surface area contributed by atoms with Crippen molar-refractivity contribution in [1.29, 1.82) is 0 Å². The van der Waals surface area contributed by atoms with Crippen molar-refractivity contribution >= 4 is 10.8 Å². The van der Waals surface area contributed by atoms with Crippen LogP contribution in [-0.4, -0.2) is 0 Å². The molecule has 0 bridgehead atoms. The van der Waals surface area contributed by atoms with E-state index in [2.05, 4.69) is 129 Å². The summed E-state index contributed by atoms with van der Waals surface area (Å²) in [5.41, 5.74) is 9.18. The van der Waals surface area contributed by atoms with Gasteiger partial charge in [0.05, 0.1) is 5.41 Å². The third-order valence-electron chi connectivity index (χ3n) is 7.14. The van der Waals surface area contributed by atoms with Crippen molar-refractivity contribution in [3.63, 3.8) is 0 Å². The Balaban J connectivity index is 1.84. The summed E-state index contributed by atoms with van der Waals surface area (Å²) in [5, 5.41) is 2.60. The van der Waals surface area contributed by atoms with Gasteiger partial charge in [-0.3, -0.25) is 0 Å². The lowest BCUT2D eigenvalue weighted by Crippen LogP contribution is -2.29. The highest BCUT2D eigenvalue weighted by Gasteiger charge is 2.46. The van der Waals surface area contributed by atoms with Crippen LogP contribution >= 0.6 is 0 Å². The second-order valence-electron chi connectivity index (χ2n) is 9.15. The first kappa shape index (κ1) is 19.1. The normalized spacial score (nSPS) is 16.8. The quantitative estimate of drug-likeness (QED) is 0.275. The van der Waals surface area contributed by atoms with E-state index < -0.39 is 0 Å². The van der Waals surface area contributed by atoms with Crippen LogP contribution in [0.5, 0.6) is 0 Å². The molecule has 1 atom stereocenters. The molecule has 0 amide bonds. The maximum atomic E-state index is 2.47. The third kappa shape index (κ3) is 2.56. The molecule has 0 heterocycles. The van der Waals surface area contributed by atoms with Crippen molar-refractivity contribution in [1.82, 2.24) is 0 Å². The molecular weight excluding hydrogens is 384 g/mol. The lowest BCUT2D eigenvalue weighted by Gasteiger charge is -2.35. The summed E-state index contributed by atoms with van der Waals surface area (Å²) >= 11 is 0. The molecule has 0 radical (unpaired) electrons. The van der Waals surface area contributed by atoms with Crippen molar-refractivity contribution in [2.45, 2.75) is 25.2 Å². The average molecular weight is 411 g/mol. The number of benzene rings is 5. The van der Waals surface area contributed by atoms with Crippen LogP contribution in [0.2, 0.25) is 0 Å². The first-order chi connectivity index (χ1) is 15.7. The Morgan fingerprint density at radius 1 is 0.531 bits per heavy atom. The van der Waals surface area contributed by atoms with Crippen molar-refractivity contribution in [2.75, 3.05) is 0 Å². The Bertz CT molecular complexity index is 1440. The van der Waals surface area contributed by atoms with Gasteiger partial charge < -0.3 is 0 Å². The molecule has 1 aliphatic rings. The van der Waals surface area contributed by atoms with Crippen LogP contribution in [0.15, 0.2) is 115 Å². The fraction of sp³-hybridized carbons (Fsp3) is 0.125.